The van der Waals surface area contributed by atoms with Crippen molar-refractivity contribution in [2.45, 2.75) is 37.9 Å². The topological polar surface area (TPSA) is 0 Å². The Kier molecular flexibility index (Phi) is 2.83. The number of thiol groups is 1. The molecule has 0 aromatic heterocycles. The van der Waals surface area contributed by atoms with Crippen LogP contribution in [0.5, 0.6) is 0 Å². The van der Waals surface area contributed by atoms with Crippen molar-refractivity contribution in [2.24, 2.45) is 0 Å². The molecule has 62 valence electrons. The SMILES string of the molecule is CCC1=CC=CC(S)(CC)C1. The van der Waals surface area contributed by atoms with Crippen molar-refractivity contribution in [3.63, 3.8) is 0 Å². The van der Waals surface area contributed by atoms with Gasteiger partial charge in [-0.2, -0.15) is 12.6 Å². The first kappa shape index (κ1) is 8.92. The lowest BCUT2D eigenvalue weighted by Crippen LogP contribution is -2.19. The Bertz CT molecular complexity index is 191. The van der Waals surface area contributed by atoms with Gasteiger partial charge in [-0.3, -0.25) is 0 Å². The van der Waals surface area contributed by atoms with E-state index in [0.29, 0.717) is 0 Å². The second kappa shape index (κ2) is 3.48. The molecule has 0 bridgehead atoms. The van der Waals surface area contributed by atoms with Crippen LogP contribution in [0.2, 0.25) is 0 Å². The molecule has 0 saturated heterocycles. The van der Waals surface area contributed by atoms with Gasteiger partial charge in [0.1, 0.15) is 0 Å². The Balaban J connectivity index is 2.68. The third kappa shape index (κ3) is 2.13. The summed E-state index contributed by atoms with van der Waals surface area (Å²) >= 11 is 4.64. The Labute approximate surface area is 74.8 Å². The molecule has 0 heterocycles. The highest BCUT2D eigenvalue weighted by Crippen LogP contribution is 2.32. The average molecular weight is 168 g/mol. The molecule has 1 unspecified atom stereocenters. The molecule has 0 nitrogen and oxygen atoms in total. The summed E-state index contributed by atoms with van der Waals surface area (Å²) in [5.74, 6) is 0. The van der Waals surface area contributed by atoms with Gasteiger partial charge in [0.25, 0.3) is 0 Å². The maximum absolute atomic E-state index is 4.64. The normalized spacial score (nSPS) is 30.3. The Hall–Kier alpha value is -0.170. The first-order valence-electron chi connectivity index (χ1n) is 4.30. The molecule has 11 heavy (non-hydrogen) atoms. The minimum absolute atomic E-state index is 0.139. The van der Waals surface area contributed by atoms with Crippen LogP contribution in [0.15, 0.2) is 23.8 Å². The lowest BCUT2D eigenvalue weighted by molar-refractivity contribution is 0.660. The van der Waals surface area contributed by atoms with E-state index >= 15 is 0 Å². The van der Waals surface area contributed by atoms with E-state index in [1.807, 2.05) is 0 Å². The molecule has 0 fully saturated rings. The molecule has 0 aliphatic heterocycles. The molecular formula is C10H16S. The van der Waals surface area contributed by atoms with Crippen molar-refractivity contribution >= 4 is 12.6 Å². The van der Waals surface area contributed by atoms with E-state index in [1.165, 1.54) is 5.57 Å². The minimum atomic E-state index is 0.139. The zero-order valence-corrected chi connectivity index (χ0v) is 8.20. The maximum atomic E-state index is 4.64. The predicted octanol–water partition coefficient (Wildman–Crippen LogP) is 3.36. The van der Waals surface area contributed by atoms with Crippen LogP contribution in [0.25, 0.3) is 0 Å². The molecule has 0 N–H and O–H groups in total. The Morgan fingerprint density at radius 2 is 2.27 bits per heavy atom. The van der Waals surface area contributed by atoms with Gasteiger partial charge >= 0.3 is 0 Å². The average Bonchev–Trinajstić information content (AvgIpc) is 2.05. The fourth-order valence-electron chi connectivity index (χ4n) is 1.36. The van der Waals surface area contributed by atoms with Crippen LogP contribution in [0, 0.1) is 0 Å². The first-order valence-corrected chi connectivity index (χ1v) is 4.74. The third-order valence-corrected chi connectivity index (χ3v) is 2.96. The number of allylic oxidation sites excluding steroid dienone is 3. The summed E-state index contributed by atoms with van der Waals surface area (Å²) in [6, 6.07) is 0. The molecular weight excluding hydrogens is 152 g/mol. The summed E-state index contributed by atoms with van der Waals surface area (Å²) in [5.41, 5.74) is 1.52. The van der Waals surface area contributed by atoms with Gasteiger partial charge in [0.2, 0.25) is 0 Å². The largest absolute Gasteiger partial charge is 0.168 e. The molecule has 1 atom stereocenters. The fraction of sp³-hybridized carbons (Fsp3) is 0.600. The number of hydrogen-bond donors (Lipinski definition) is 1. The van der Waals surface area contributed by atoms with E-state index in [2.05, 4.69) is 44.7 Å². The minimum Gasteiger partial charge on any atom is -0.168 e. The second-order valence-corrected chi connectivity index (χ2v) is 4.06. The Morgan fingerprint density at radius 1 is 1.55 bits per heavy atom. The third-order valence-electron chi connectivity index (χ3n) is 2.34. The highest BCUT2D eigenvalue weighted by atomic mass is 32.1. The van der Waals surface area contributed by atoms with Crippen LogP contribution in [-0.2, 0) is 0 Å². The van der Waals surface area contributed by atoms with Crippen molar-refractivity contribution in [1.29, 1.82) is 0 Å². The van der Waals surface area contributed by atoms with Crippen molar-refractivity contribution in [3.8, 4) is 0 Å². The molecule has 1 aliphatic rings. The monoisotopic (exact) mass is 168 g/mol. The van der Waals surface area contributed by atoms with Gasteiger partial charge in [-0.15, -0.1) is 0 Å². The highest BCUT2D eigenvalue weighted by molar-refractivity contribution is 7.82. The van der Waals surface area contributed by atoms with Gasteiger partial charge in [0.05, 0.1) is 0 Å². The molecule has 1 aliphatic carbocycles. The van der Waals surface area contributed by atoms with Crippen molar-refractivity contribution in [3.05, 3.63) is 23.8 Å². The lowest BCUT2D eigenvalue weighted by Gasteiger charge is -2.26. The summed E-state index contributed by atoms with van der Waals surface area (Å²) < 4.78 is 0.139. The van der Waals surface area contributed by atoms with Gasteiger partial charge < -0.3 is 0 Å². The molecule has 1 rings (SSSR count). The first-order chi connectivity index (χ1) is 5.20. The van der Waals surface area contributed by atoms with Gasteiger partial charge in [-0.05, 0) is 19.3 Å². The summed E-state index contributed by atoms with van der Waals surface area (Å²) in [6.07, 6.45) is 9.95. The molecule has 0 spiro atoms. The van der Waals surface area contributed by atoms with Crippen molar-refractivity contribution in [1.82, 2.24) is 0 Å². The van der Waals surface area contributed by atoms with Gasteiger partial charge in [-0.1, -0.05) is 37.6 Å². The van der Waals surface area contributed by atoms with Crippen LogP contribution in [0.4, 0.5) is 0 Å². The van der Waals surface area contributed by atoms with Crippen molar-refractivity contribution in [2.75, 3.05) is 0 Å². The highest BCUT2D eigenvalue weighted by Gasteiger charge is 2.22. The smallest absolute Gasteiger partial charge is 0.0346 e. The summed E-state index contributed by atoms with van der Waals surface area (Å²) in [5, 5.41) is 0. The standard InChI is InChI=1S/C10H16S/c1-3-9-6-5-7-10(11,4-2)8-9/h5-7,11H,3-4,8H2,1-2H3. The zero-order chi connectivity index (χ0) is 8.32. The summed E-state index contributed by atoms with van der Waals surface area (Å²) in [6.45, 7) is 4.39. The van der Waals surface area contributed by atoms with Crippen LogP contribution in [-0.4, -0.2) is 4.75 Å². The summed E-state index contributed by atoms with van der Waals surface area (Å²) in [7, 11) is 0. The van der Waals surface area contributed by atoms with Crippen LogP contribution < -0.4 is 0 Å². The van der Waals surface area contributed by atoms with E-state index in [9.17, 15) is 0 Å². The quantitative estimate of drug-likeness (QED) is 0.600. The molecule has 0 radical (unpaired) electrons. The van der Waals surface area contributed by atoms with Crippen LogP contribution in [0.1, 0.15) is 33.1 Å². The molecule has 0 amide bonds. The van der Waals surface area contributed by atoms with Gasteiger partial charge in [0.15, 0.2) is 0 Å². The molecule has 0 saturated carbocycles. The maximum Gasteiger partial charge on any atom is 0.0346 e. The van der Waals surface area contributed by atoms with Crippen LogP contribution in [0.3, 0.4) is 0 Å². The summed E-state index contributed by atoms with van der Waals surface area (Å²) in [4.78, 5) is 0. The van der Waals surface area contributed by atoms with E-state index in [0.717, 1.165) is 19.3 Å². The van der Waals surface area contributed by atoms with Crippen molar-refractivity contribution < 1.29 is 0 Å². The second-order valence-electron chi connectivity index (χ2n) is 3.17. The van der Waals surface area contributed by atoms with Gasteiger partial charge in [-0.25, -0.2) is 0 Å². The number of hydrogen-bond acceptors (Lipinski definition) is 1. The van der Waals surface area contributed by atoms with Crippen LogP contribution >= 0.6 is 12.6 Å². The zero-order valence-electron chi connectivity index (χ0n) is 7.30. The molecule has 0 aromatic rings. The van der Waals surface area contributed by atoms with E-state index in [4.69, 9.17) is 0 Å². The molecule has 1 heteroatoms. The Morgan fingerprint density at radius 3 is 2.82 bits per heavy atom. The lowest BCUT2D eigenvalue weighted by atomic mass is 9.90. The molecule has 0 aromatic carbocycles. The van der Waals surface area contributed by atoms with E-state index < -0.39 is 0 Å². The number of rotatable bonds is 2. The fourth-order valence-corrected chi connectivity index (χ4v) is 1.65. The van der Waals surface area contributed by atoms with E-state index in [-0.39, 0.29) is 4.75 Å². The predicted molar refractivity (Wildman–Crippen MR) is 54.1 cm³/mol. The van der Waals surface area contributed by atoms with E-state index in [1.54, 1.807) is 0 Å². The van der Waals surface area contributed by atoms with Gasteiger partial charge in [0, 0.05) is 4.75 Å².